The molecule has 1 aromatic rings. The molecule has 0 aromatic heterocycles. The van der Waals surface area contributed by atoms with Crippen LogP contribution < -0.4 is 5.30 Å². The van der Waals surface area contributed by atoms with Crippen LogP contribution in [0.25, 0.3) is 0 Å². The zero-order valence-corrected chi connectivity index (χ0v) is 8.71. The van der Waals surface area contributed by atoms with Crippen LogP contribution in [0.1, 0.15) is 13.3 Å². The molecule has 0 saturated carbocycles. The van der Waals surface area contributed by atoms with Crippen molar-refractivity contribution >= 4 is 12.9 Å². The van der Waals surface area contributed by atoms with E-state index in [9.17, 15) is 13.8 Å². The zero-order chi connectivity index (χ0) is 10.6. The molecule has 0 spiro atoms. The van der Waals surface area contributed by atoms with Crippen LogP contribution in [-0.2, 0) is 9.09 Å². The minimum absolute atomic E-state index is 0.118. The van der Waals surface area contributed by atoms with Gasteiger partial charge in [0.1, 0.15) is 5.82 Å². The van der Waals surface area contributed by atoms with Crippen molar-refractivity contribution in [2.75, 3.05) is 6.61 Å². The van der Waals surface area contributed by atoms with E-state index in [1.807, 2.05) is 6.92 Å². The third-order valence-electron chi connectivity index (χ3n) is 1.62. The van der Waals surface area contributed by atoms with Crippen molar-refractivity contribution in [2.24, 2.45) is 0 Å². The Hall–Kier alpha value is -0.700. The Morgan fingerprint density at radius 3 is 2.50 bits per heavy atom. The van der Waals surface area contributed by atoms with E-state index in [2.05, 4.69) is 0 Å². The first-order valence-electron chi connectivity index (χ1n) is 4.29. The molecule has 1 atom stereocenters. The molecule has 0 bridgehead atoms. The molecule has 1 rings (SSSR count). The summed E-state index contributed by atoms with van der Waals surface area (Å²) in [5, 5.41) is 0.118. The maximum absolute atomic E-state index is 12.5. The SMILES string of the molecule is CCCOP(=O)(O)c1ccc(F)cc1. The van der Waals surface area contributed by atoms with Crippen LogP contribution >= 0.6 is 7.60 Å². The smallest absolute Gasteiger partial charge is 0.321 e. The van der Waals surface area contributed by atoms with Gasteiger partial charge >= 0.3 is 7.60 Å². The predicted molar refractivity (Wildman–Crippen MR) is 52.1 cm³/mol. The minimum Gasteiger partial charge on any atom is -0.321 e. The number of rotatable bonds is 4. The van der Waals surface area contributed by atoms with Crippen molar-refractivity contribution in [1.29, 1.82) is 0 Å². The van der Waals surface area contributed by atoms with Crippen molar-refractivity contribution in [1.82, 2.24) is 0 Å². The highest BCUT2D eigenvalue weighted by Crippen LogP contribution is 2.40. The van der Waals surface area contributed by atoms with Gasteiger partial charge in [-0.25, -0.2) is 4.39 Å². The van der Waals surface area contributed by atoms with Crippen molar-refractivity contribution < 1.29 is 18.4 Å². The first-order valence-corrected chi connectivity index (χ1v) is 5.87. The molecular formula is C9H12FO3P. The second-order valence-electron chi connectivity index (χ2n) is 2.83. The Morgan fingerprint density at radius 2 is 2.00 bits per heavy atom. The Morgan fingerprint density at radius 1 is 1.43 bits per heavy atom. The van der Waals surface area contributed by atoms with Gasteiger partial charge in [0, 0.05) is 0 Å². The average molecular weight is 218 g/mol. The van der Waals surface area contributed by atoms with Crippen LogP contribution in [0.4, 0.5) is 4.39 Å². The fraction of sp³-hybridized carbons (Fsp3) is 0.333. The predicted octanol–water partition coefficient (Wildman–Crippen LogP) is 2.06. The molecule has 0 aliphatic carbocycles. The Bertz CT molecular complexity index is 336. The number of hydrogen-bond donors (Lipinski definition) is 1. The molecule has 0 aliphatic heterocycles. The summed E-state index contributed by atoms with van der Waals surface area (Å²) in [6.07, 6.45) is 0.658. The van der Waals surface area contributed by atoms with E-state index in [-0.39, 0.29) is 11.9 Å². The van der Waals surface area contributed by atoms with Gasteiger partial charge in [-0.05, 0) is 30.7 Å². The van der Waals surface area contributed by atoms with E-state index in [1.165, 1.54) is 12.1 Å². The van der Waals surface area contributed by atoms with E-state index in [0.29, 0.717) is 6.42 Å². The summed E-state index contributed by atoms with van der Waals surface area (Å²) in [6, 6.07) is 4.78. The summed E-state index contributed by atoms with van der Waals surface area (Å²) in [4.78, 5) is 9.42. The maximum atomic E-state index is 12.5. The van der Waals surface area contributed by atoms with Crippen LogP contribution in [-0.4, -0.2) is 11.5 Å². The van der Waals surface area contributed by atoms with Crippen molar-refractivity contribution in [3.8, 4) is 0 Å². The van der Waals surface area contributed by atoms with E-state index in [0.717, 1.165) is 12.1 Å². The largest absolute Gasteiger partial charge is 0.358 e. The van der Waals surface area contributed by atoms with E-state index < -0.39 is 13.4 Å². The fourth-order valence-electron chi connectivity index (χ4n) is 0.919. The van der Waals surface area contributed by atoms with Gasteiger partial charge in [-0.2, -0.15) is 0 Å². The molecule has 1 aromatic carbocycles. The van der Waals surface area contributed by atoms with Crippen LogP contribution in [0.5, 0.6) is 0 Å². The van der Waals surface area contributed by atoms with Crippen LogP contribution in [0, 0.1) is 5.82 Å². The summed E-state index contributed by atoms with van der Waals surface area (Å²) >= 11 is 0. The van der Waals surface area contributed by atoms with Crippen LogP contribution in [0.3, 0.4) is 0 Å². The van der Waals surface area contributed by atoms with E-state index in [4.69, 9.17) is 4.52 Å². The number of hydrogen-bond acceptors (Lipinski definition) is 2. The van der Waals surface area contributed by atoms with Crippen molar-refractivity contribution in [3.63, 3.8) is 0 Å². The third kappa shape index (κ3) is 2.91. The normalized spacial score (nSPS) is 15.1. The third-order valence-corrected chi connectivity index (χ3v) is 3.11. The molecule has 0 heterocycles. The Kier molecular flexibility index (Phi) is 3.81. The molecule has 0 radical (unpaired) electrons. The van der Waals surface area contributed by atoms with E-state index >= 15 is 0 Å². The highest BCUT2D eigenvalue weighted by Gasteiger charge is 2.21. The average Bonchev–Trinajstić information content (AvgIpc) is 2.16. The molecule has 14 heavy (non-hydrogen) atoms. The fourth-order valence-corrected chi connectivity index (χ4v) is 2.02. The van der Waals surface area contributed by atoms with Gasteiger partial charge < -0.3 is 9.42 Å². The Balaban J connectivity index is 2.81. The zero-order valence-electron chi connectivity index (χ0n) is 7.81. The summed E-state index contributed by atoms with van der Waals surface area (Å²) < 4.78 is 28.8. The monoisotopic (exact) mass is 218 g/mol. The summed E-state index contributed by atoms with van der Waals surface area (Å²) in [5.41, 5.74) is 0. The summed E-state index contributed by atoms with van der Waals surface area (Å²) in [7, 11) is -3.75. The molecule has 0 amide bonds. The van der Waals surface area contributed by atoms with Crippen molar-refractivity contribution in [3.05, 3.63) is 30.1 Å². The lowest BCUT2D eigenvalue weighted by molar-refractivity contribution is 0.269. The van der Waals surface area contributed by atoms with Gasteiger partial charge in [-0.15, -0.1) is 0 Å². The van der Waals surface area contributed by atoms with Gasteiger partial charge in [-0.1, -0.05) is 6.92 Å². The number of benzene rings is 1. The molecule has 0 fully saturated rings. The second-order valence-corrected chi connectivity index (χ2v) is 4.65. The van der Waals surface area contributed by atoms with Gasteiger partial charge in [0.2, 0.25) is 0 Å². The molecule has 0 saturated heterocycles. The van der Waals surface area contributed by atoms with E-state index in [1.54, 1.807) is 0 Å². The molecular weight excluding hydrogens is 206 g/mol. The Labute approximate surface area is 82.1 Å². The molecule has 3 nitrogen and oxygen atoms in total. The molecule has 0 aliphatic rings. The quantitative estimate of drug-likeness (QED) is 0.787. The highest BCUT2D eigenvalue weighted by atomic mass is 31.2. The lowest BCUT2D eigenvalue weighted by atomic mass is 10.4. The maximum Gasteiger partial charge on any atom is 0.358 e. The van der Waals surface area contributed by atoms with Gasteiger partial charge in [-0.3, -0.25) is 4.57 Å². The first-order chi connectivity index (χ1) is 6.56. The molecule has 78 valence electrons. The standard InChI is InChI=1S/C9H12FO3P/c1-2-7-13-14(11,12)9-5-3-8(10)4-6-9/h3-6H,2,7H2,1H3,(H,11,12). The van der Waals surface area contributed by atoms with Crippen LogP contribution in [0.2, 0.25) is 0 Å². The molecule has 1 N–H and O–H groups in total. The van der Waals surface area contributed by atoms with Gasteiger partial charge in [0.25, 0.3) is 0 Å². The molecule has 1 unspecified atom stereocenters. The first kappa shape index (κ1) is 11.4. The summed E-state index contributed by atoms with van der Waals surface area (Å²) in [5.74, 6) is -0.441. The van der Waals surface area contributed by atoms with Gasteiger partial charge in [0.05, 0.1) is 11.9 Å². The van der Waals surface area contributed by atoms with Crippen LogP contribution in [0.15, 0.2) is 24.3 Å². The minimum atomic E-state index is -3.75. The topological polar surface area (TPSA) is 46.5 Å². The second kappa shape index (κ2) is 4.69. The lowest BCUT2D eigenvalue weighted by Gasteiger charge is -2.10. The lowest BCUT2D eigenvalue weighted by Crippen LogP contribution is -2.07. The molecule has 5 heteroatoms. The highest BCUT2D eigenvalue weighted by molar-refractivity contribution is 7.61. The van der Waals surface area contributed by atoms with Gasteiger partial charge in [0.15, 0.2) is 0 Å². The van der Waals surface area contributed by atoms with Crippen molar-refractivity contribution in [2.45, 2.75) is 13.3 Å². The summed E-state index contributed by atoms with van der Waals surface area (Å²) in [6.45, 7) is 2.05. The number of halogens is 1.